The maximum Gasteiger partial charge on any atom is 0.0151 e. The van der Waals surface area contributed by atoms with Crippen LogP contribution in [0.25, 0.3) is 0 Å². The van der Waals surface area contributed by atoms with Gasteiger partial charge >= 0.3 is 0 Å². The van der Waals surface area contributed by atoms with E-state index >= 15 is 0 Å². The molecule has 0 saturated heterocycles. The summed E-state index contributed by atoms with van der Waals surface area (Å²) in [7, 11) is 0. The van der Waals surface area contributed by atoms with E-state index in [0.717, 1.165) is 10.1 Å². The van der Waals surface area contributed by atoms with Crippen LogP contribution in [0.1, 0.15) is 38.2 Å². The highest BCUT2D eigenvalue weighted by Gasteiger charge is 2.37. The third-order valence-corrected chi connectivity index (χ3v) is 6.31. The second kappa shape index (κ2) is 4.62. The first-order valence-electron chi connectivity index (χ1n) is 6.53. The lowest BCUT2D eigenvalue weighted by Crippen LogP contribution is -2.19. The minimum absolute atomic E-state index is 0.577. The van der Waals surface area contributed by atoms with Crippen molar-refractivity contribution in [2.24, 2.45) is 5.41 Å². The average molecular weight is 311 g/mol. The van der Waals surface area contributed by atoms with E-state index in [0.29, 0.717) is 5.41 Å². The highest BCUT2D eigenvalue weighted by atomic mass is 79.9. The Morgan fingerprint density at radius 1 is 1.41 bits per heavy atom. The van der Waals surface area contributed by atoms with E-state index in [1.165, 1.54) is 37.0 Å². The van der Waals surface area contributed by atoms with Crippen molar-refractivity contribution in [3.05, 3.63) is 29.8 Å². The Kier molecular flexibility index (Phi) is 3.29. The van der Waals surface area contributed by atoms with Crippen molar-refractivity contribution in [2.75, 3.05) is 0 Å². The van der Waals surface area contributed by atoms with Crippen molar-refractivity contribution in [1.82, 2.24) is 0 Å². The van der Waals surface area contributed by atoms with Crippen LogP contribution in [-0.2, 0) is 6.42 Å². The maximum absolute atomic E-state index is 3.78. The van der Waals surface area contributed by atoms with E-state index in [4.69, 9.17) is 0 Å². The first kappa shape index (κ1) is 12.1. The lowest BCUT2D eigenvalue weighted by atomic mass is 9.83. The van der Waals surface area contributed by atoms with Crippen LogP contribution < -0.4 is 0 Å². The van der Waals surface area contributed by atoms with Gasteiger partial charge < -0.3 is 0 Å². The zero-order chi connectivity index (χ0) is 11.9. The minimum atomic E-state index is 0.577. The summed E-state index contributed by atoms with van der Waals surface area (Å²) >= 11 is 5.89. The van der Waals surface area contributed by atoms with Crippen molar-refractivity contribution in [2.45, 2.75) is 54.0 Å². The molecule has 3 unspecified atom stereocenters. The molecule has 1 heterocycles. The van der Waals surface area contributed by atoms with Gasteiger partial charge in [-0.3, -0.25) is 0 Å². The predicted molar refractivity (Wildman–Crippen MR) is 79.1 cm³/mol. The highest BCUT2D eigenvalue weighted by Crippen LogP contribution is 2.49. The van der Waals surface area contributed by atoms with Crippen LogP contribution in [0.15, 0.2) is 29.2 Å². The van der Waals surface area contributed by atoms with Crippen LogP contribution >= 0.6 is 27.7 Å². The van der Waals surface area contributed by atoms with Crippen molar-refractivity contribution < 1.29 is 0 Å². The van der Waals surface area contributed by atoms with E-state index in [-0.39, 0.29) is 0 Å². The number of hydrogen-bond acceptors (Lipinski definition) is 1. The minimum Gasteiger partial charge on any atom is -0.122 e. The molecule has 3 atom stereocenters. The molecule has 1 aliphatic carbocycles. The molecule has 0 aromatic heterocycles. The van der Waals surface area contributed by atoms with Crippen LogP contribution in [0.5, 0.6) is 0 Å². The second-order valence-electron chi connectivity index (χ2n) is 5.91. The molecule has 1 aromatic rings. The third-order valence-electron chi connectivity index (χ3n) is 4.21. The maximum atomic E-state index is 3.78. The molecular formula is C15H19BrS. The lowest BCUT2D eigenvalue weighted by molar-refractivity contribution is 0.306. The topological polar surface area (TPSA) is 0 Å². The number of rotatable bonds is 2. The smallest absolute Gasteiger partial charge is 0.0151 e. The van der Waals surface area contributed by atoms with Gasteiger partial charge in [-0.1, -0.05) is 41.1 Å². The lowest BCUT2D eigenvalue weighted by Gasteiger charge is -2.26. The summed E-state index contributed by atoms with van der Waals surface area (Å²) in [6.45, 7) is 2.48. The number of benzene rings is 1. The SMILES string of the molecule is CC1(CC2Cc3ccccc3S2)CCC(Br)C1. The zero-order valence-electron chi connectivity index (χ0n) is 10.3. The average Bonchev–Trinajstić information content (AvgIpc) is 2.81. The molecule has 92 valence electrons. The molecule has 0 amide bonds. The Morgan fingerprint density at radius 2 is 2.24 bits per heavy atom. The molecule has 17 heavy (non-hydrogen) atoms. The molecule has 0 bridgehead atoms. The largest absolute Gasteiger partial charge is 0.122 e. The van der Waals surface area contributed by atoms with Crippen LogP contribution in [0.4, 0.5) is 0 Å². The molecule has 3 rings (SSSR count). The van der Waals surface area contributed by atoms with Crippen LogP contribution in [0, 0.1) is 5.41 Å². The number of alkyl halides is 1. The summed E-state index contributed by atoms with van der Waals surface area (Å²) in [5.74, 6) is 0. The number of fused-ring (bicyclic) bond motifs is 1. The van der Waals surface area contributed by atoms with E-state index in [1.54, 1.807) is 5.56 Å². The molecule has 1 aliphatic heterocycles. The molecule has 0 radical (unpaired) electrons. The van der Waals surface area contributed by atoms with Crippen LogP contribution in [0.2, 0.25) is 0 Å². The van der Waals surface area contributed by atoms with Gasteiger partial charge in [0.15, 0.2) is 0 Å². The van der Waals surface area contributed by atoms with E-state index < -0.39 is 0 Å². The van der Waals surface area contributed by atoms with Gasteiger partial charge in [0.1, 0.15) is 0 Å². The van der Waals surface area contributed by atoms with Crippen LogP contribution in [-0.4, -0.2) is 10.1 Å². The molecule has 2 heteroatoms. The standard InChI is InChI=1S/C15H19BrS/c1-15(7-6-12(16)9-15)10-13-8-11-4-2-3-5-14(11)17-13/h2-5,12-13H,6-10H2,1H3. The molecule has 1 fully saturated rings. The van der Waals surface area contributed by atoms with E-state index in [1.807, 2.05) is 0 Å². The normalized spacial score (nSPS) is 36.1. The fraction of sp³-hybridized carbons (Fsp3) is 0.600. The number of thioether (sulfide) groups is 1. The molecule has 1 aromatic carbocycles. The molecule has 1 saturated carbocycles. The predicted octanol–water partition coefficient (Wildman–Crippen LogP) is 5.05. The monoisotopic (exact) mass is 310 g/mol. The number of halogens is 1. The van der Waals surface area contributed by atoms with Crippen molar-refractivity contribution >= 4 is 27.7 Å². The molecule has 0 N–H and O–H groups in total. The molecule has 0 nitrogen and oxygen atoms in total. The van der Waals surface area contributed by atoms with E-state index in [2.05, 4.69) is 58.9 Å². The summed E-state index contributed by atoms with van der Waals surface area (Å²) in [6.07, 6.45) is 6.79. The Bertz CT molecular complexity index is 392. The Labute approximate surface area is 117 Å². The van der Waals surface area contributed by atoms with Gasteiger partial charge in [-0.2, -0.15) is 0 Å². The highest BCUT2D eigenvalue weighted by molar-refractivity contribution is 9.09. The Hall–Kier alpha value is 0.0500. The fourth-order valence-corrected chi connectivity index (χ4v) is 5.92. The zero-order valence-corrected chi connectivity index (χ0v) is 12.7. The summed E-state index contributed by atoms with van der Waals surface area (Å²) in [5, 5.41) is 0.815. The quantitative estimate of drug-likeness (QED) is 0.689. The van der Waals surface area contributed by atoms with Gasteiger partial charge in [0.25, 0.3) is 0 Å². The third kappa shape index (κ3) is 2.58. The summed E-state index contributed by atoms with van der Waals surface area (Å²) in [4.78, 5) is 2.29. The summed E-state index contributed by atoms with van der Waals surface area (Å²) < 4.78 is 0. The van der Waals surface area contributed by atoms with Crippen molar-refractivity contribution in [1.29, 1.82) is 0 Å². The van der Waals surface area contributed by atoms with Crippen molar-refractivity contribution in [3.8, 4) is 0 Å². The second-order valence-corrected chi connectivity index (χ2v) is 8.54. The van der Waals surface area contributed by atoms with Gasteiger partial charge in [0.05, 0.1) is 0 Å². The fourth-order valence-electron chi connectivity index (χ4n) is 3.35. The van der Waals surface area contributed by atoms with Gasteiger partial charge in [-0.25, -0.2) is 0 Å². The molecular weight excluding hydrogens is 292 g/mol. The first-order valence-corrected chi connectivity index (χ1v) is 8.33. The number of hydrogen-bond donors (Lipinski definition) is 0. The molecule has 2 aliphatic rings. The summed E-state index contributed by atoms with van der Waals surface area (Å²) in [6, 6.07) is 8.92. The van der Waals surface area contributed by atoms with Gasteiger partial charge in [0.2, 0.25) is 0 Å². The summed E-state index contributed by atoms with van der Waals surface area (Å²) in [5.41, 5.74) is 2.15. The Balaban J connectivity index is 1.66. The van der Waals surface area contributed by atoms with Crippen molar-refractivity contribution in [3.63, 3.8) is 0 Å². The van der Waals surface area contributed by atoms with Gasteiger partial charge in [-0.15, -0.1) is 11.8 Å². The first-order chi connectivity index (χ1) is 8.15. The van der Waals surface area contributed by atoms with E-state index in [9.17, 15) is 0 Å². The molecule has 0 spiro atoms. The van der Waals surface area contributed by atoms with Gasteiger partial charge in [0, 0.05) is 15.0 Å². The van der Waals surface area contributed by atoms with Gasteiger partial charge in [-0.05, 0) is 49.1 Å². The van der Waals surface area contributed by atoms with Crippen LogP contribution in [0.3, 0.4) is 0 Å². The Morgan fingerprint density at radius 3 is 2.94 bits per heavy atom.